The minimum absolute atomic E-state index is 0.0363. The summed E-state index contributed by atoms with van der Waals surface area (Å²) in [6, 6.07) is 23.2. The molecule has 40 heavy (non-hydrogen) atoms. The summed E-state index contributed by atoms with van der Waals surface area (Å²) < 4.78 is 10.4. The summed E-state index contributed by atoms with van der Waals surface area (Å²) in [6.45, 7) is 3.89. The van der Waals surface area contributed by atoms with Crippen molar-refractivity contribution in [3.05, 3.63) is 95.7 Å². The topological polar surface area (TPSA) is 86.9 Å². The molecular formula is C32H38N4O4. The third-order valence-corrected chi connectivity index (χ3v) is 6.90. The Kier molecular flexibility index (Phi) is 10.2. The highest BCUT2D eigenvalue weighted by Crippen LogP contribution is 2.20. The number of para-hydroxylation sites is 1. The van der Waals surface area contributed by atoms with Crippen molar-refractivity contribution in [3.8, 4) is 5.75 Å². The lowest BCUT2D eigenvalue weighted by atomic mass is 10.1. The van der Waals surface area contributed by atoms with Gasteiger partial charge in [-0.25, -0.2) is 4.79 Å². The van der Waals surface area contributed by atoms with E-state index in [1.165, 1.54) is 5.56 Å². The molecule has 2 N–H and O–H groups in total. The van der Waals surface area contributed by atoms with Crippen LogP contribution in [-0.4, -0.2) is 67.2 Å². The Hall–Kier alpha value is -4.30. The largest absolute Gasteiger partial charge is 0.497 e. The Labute approximate surface area is 235 Å². The molecule has 3 amide bonds. The number of nitrogens with zero attached hydrogens (tertiary/aromatic N) is 2. The third kappa shape index (κ3) is 7.86. The summed E-state index contributed by atoms with van der Waals surface area (Å²) in [7, 11) is 3.22. The van der Waals surface area contributed by atoms with Gasteiger partial charge in [0.25, 0.3) is 0 Å². The number of hydrogen-bond acceptors (Lipinski definition) is 4. The van der Waals surface area contributed by atoms with Crippen LogP contribution in [0.25, 0.3) is 10.9 Å². The number of nitrogens with one attached hydrogen (secondary N) is 2. The van der Waals surface area contributed by atoms with Gasteiger partial charge in [-0.1, -0.05) is 48.0 Å². The minimum Gasteiger partial charge on any atom is -0.497 e. The van der Waals surface area contributed by atoms with Crippen molar-refractivity contribution in [1.29, 1.82) is 0 Å². The van der Waals surface area contributed by atoms with Crippen molar-refractivity contribution < 1.29 is 19.1 Å². The molecule has 0 atom stereocenters. The first kappa shape index (κ1) is 28.7. The van der Waals surface area contributed by atoms with Gasteiger partial charge in [-0.3, -0.25) is 4.79 Å². The van der Waals surface area contributed by atoms with Crippen LogP contribution in [0.15, 0.2) is 79.0 Å². The van der Waals surface area contributed by atoms with E-state index in [4.69, 9.17) is 9.47 Å². The molecule has 0 bridgehead atoms. The number of aromatic nitrogens is 1. The SMILES string of the molecule is COCCCN(CC(=O)N(CCc1c[nH]c2ccccc12)Cc1ccc(C)cc1)C(=O)Nc1ccc(OC)cc1. The van der Waals surface area contributed by atoms with Crippen LogP contribution in [0.5, 0.6) is 5.75 Å². The number of ether oxygens (including phenoxy) is 2. The van der Waals surface area contributed by atoms with Crippen molar-refractivity contribution in [2.75, 3.05) is 45.8 Å². The lowest BCUT2D eigenvalue weighted by Gasteiger charge is -2.28. The summed E-state index contributed by atoms with van der Waals surface area (Å²) in [5.74, 6) is 0.592. The molecule has 4 aromatic rings. The molecule has 8 heteroatoms. The zero-order chi connectivity index (χ0) is 28.3. The molecule has 4 rings (SSSR count). The summed E-state index contributed by atoms with van der Waals surface area (Å²) in [5.41, 5.74) is 5.08. The maximum atomic E-state index is 13.8. The summed E-state index contributed by atoms with van der Waals surface area (Å²) in [5, 5.41) is 4.07. The predicted molar refractivity (Wildman–Crippen MR) is 159 cm³/mol. The number of anilines is 1. The van der Waals surface area contributed by atoms with E-state index >= 15 is 0 Å². The Morgan fingerprint density at radius 1 is 0.900 bits per heavy atom. The minimum atomic E-state index is -0.332. The molecule has 0 aliphatic carbocycles. The maximum absolute atomic E-state index is 13.8. The molecule has 210 valence electrons. The van der Waals surface area contributed by atoms with E-state index in [1.807, 2.05) is 48.4 Å². The number of benzene rings is 3. The van der Waals surface area contributed by atoms with E-state index < -0.39 is 0 Å². The molecule has 0 spiro atoms. The number of urea groups is 1. The van der Waals surface area contributed by atoms with Crippen molar-refractivity contribution >= 4 is 28.5 Å². The van der Waals surface area contributed by atoms with Crippen LogP contribution in [0, 0.1) is 6.92 Å². The number of aryl methyl sites for hydroxylation is 1. The standard InChI is InChI=1S/C32H38N4O4/c1-24-9-11-25(12-10-24)22-35(19-17-26-21-33-30-8-5-4-7-29(26)30)31(37)23-36(18-6-20-39-2)32(38)34-27-13-15-28(40-3)16-14-27/h4-5,7-16,21,33H,6,17-20,22-23H2,1-3H3,(H,34,38). The van der Waals surface area contributed by atoms with Gasteiger partial charge >= 0.3 is 6.03 Å². The second-order valence-electron chi connectivity index (χ2n) is 9.84. The van der Waals surface area contributed by atoms with Gasteiger partial charge in [0.05, 0.1) is 7.11 Å². The average Bonchev–Trinajstić information content (AvgIpc) is 3.39. The Bertz CT molecular complexity index is 1380. The Morgan fingerprint density at radius 2 is 1.65 bits per heavy atom. The van der Waals surface area contributed by atoms with Crippen molar-refractivity contribution in [2.24, 2.45) is 0 Å². The first-order chi connectivity index (χ1) is 19.5. The summed E-state index contributed by atoms with van der Waals surface area (Å²) in [6.07, 6.45) is 3.33. The Balaban J connectivity index is 1.50. The molecule has 0 aliphatic rings. The van der Waals surface area contributed by atoms with E-state index in [0.717, 1.165) is 22.0 Å². The normalized spacial score (nSPS) is 10.9. The van der Waals surface area contributed by atoms with Crippen LogP contribution >= 0.6 is 0 Å². The first-order valence-electron chi connectivity index (χ1n) is 13.5. The Morgan fingerprint density at radius 3 is 2.38 bits per heavy atom. The number of H-pyrrole nitrogens is 1. The third-order valence-electron chi connectivity index (χ3n) is 6.90. The number of carbonyl (C=O) groups excluding carboxylic acids is 2. The van der Waals surface area contributed by atoms with Gasteiger partial charge in [0, 0.05) is 56.1 Å². The number of aromatic amines is 1. The average molecular weight is 543 g/mol. The lowest BCUT2D eigenvalue weighted by molar-refractivity contribution is -0.132. The number of methoxy groups -OCH3 is 2. The van der Waals surface area contributed by atoms with Crippen molar-refractivity contribution in [3.63, 3.8) is 0 Å². The second kappa shape index (κ2) is 14.2. The van der Waals surface area contributed by atoms with Crippen LogP contribution in [0.3, 0.4) is 0 Å². The van der Waals surface area contributed by atoms with Crippen molar-refractivity contribution in [1.82, 2.24) is 14.8 Å². The highest BCUT2D eigenvalue weighted by molar-refractivity contribution is 5.92. The molecule has 0 saturated carbocycles. The van der Waals surface area contributed by atoms with Gasteiger partial charge in [0.2, 0.25) is 5.91 Å². The molecule has 0 radical (unpaired) electrons. The quantitative estimate of drug-likeness (QED) is 0.215. The molecule has 1 aromatic heterocycles. The smallest absolute Gasteiger partial charge is 0.322 e. The summed E-state index contributed by atoms with van der Waals surface area (Å²) >= 11 is 0. The van der Waals surface area contributed by atoms with E-state index in [1.54, 1.807) is 43.4 Å². The zero-order valence-electron chi connectivity index (χ0n) is 23.5. The maximum Gasteiger partial charge on any atom is 0.322 e. The lowest BCUT2D eigenvalue weighted by Crippen LogP contribution is -2.45. The molecule has 8 nitrogen and oxygen atoms in total. The molecule has 1 heterocycles. The highest BCUT2D eigenvalue weighted by atomic mass is 16.5. The van der Waals surface area contributed by atoms with Crippen LogP contribution in [-0.2, 0) is 22.5 Å². The van der Waals surface area contributed by atoms with E-state index in [0.29, 0.717) is 50.5 Å². The van der Waals surface area contributed by atoms with E-state index in [-0.39, 0.29) is 18.5 Å². The van der Waals surface area contributed by atoms with Gasteiger partial charge in [0.1, 0.15) is 12.3 Å². The fourth-order valence-corrected chi connectivity index (χ4v) is 4.59. The number of hydrogen-bond donors (Lipinski definition) is 2. The summed E-state index contributed by atoms with van der Waals surface area (Å²) in [4.78, 5) is 33.8. The fraction of sp³-hybridized carbons (Fsp3) is 0.312. The van der Waals surface area contributed by atoms with Gasteiger partial charge in [0.15, 0.2) is 0 Å². The van der Waals surface area contributed by atoms with Crippen LogP contribution in [0.4, 0.5) is 10.5 Å². The van der Waals surface area contributed by atoms with Crippen LogP contribution in [0.1, 0.15) is 23.1 Å². The van der Waals surface area contributed by atoms with Crippen LogP contribution < -0.4 is 10.1 Å². The second-order valence-corrected chi connectivity index (χ2v) is 9.84. The molecular weight excluding hydrogens is 504 g/mol. The molecule has 0 aliphatic heterocycles. The van der Waals surface area contributed by atoms with Gasteiger partial charge in [-0.15, -0.1) is 0 Å². The number of carbonyl (C=O) groups is 2. The molecule has 3 aromatic carbocycles. The first-order valence-corrected chi connectivity index (χ1v) is 13.5. The predicted octanol–water partition coefficient (Wildman–Crippen LogP) is 5.63. The van der Waals surface area contributed by atoms with Gasteiger partial charge in [-0.2, -0.15) is 0 Å². The number of rotatable bonds is 13. The monoisotopic (exact) mass is 542 g/mol. The molecule has 0 unspecified atom stereocenters. The number of amides is 3. The van der Waals surface area contributed by atoms with E-state index in [9.17, 15) is 9.59 Å². The van der Waals surface area contributed by atoms with Crippen molar-refractivity contribution in [2.45, 2.75) is 26.3 Å². The molecule has 0 saturated heterocycles. The van der Waals surface area contributed by atoms with E-state index in [2.05, 4.69) is 28.5 Å². The number of fused-ring (bicyclic) bond motifs is 1. The van der Waals surface area contributed by atoms with Gasteiger partial charge in [-0.05, 0) is 61.2 Å². The fourth-order valence-electron chi connectivity index (χ4n) is 4.59. The van der Waals surface area contributed by atoms with Crippen LogP contribution in [0.2, 0.25) is 0 Å². The van der Waals surface area contributed by atoms with Gasteiger partial charge < -0.3 is 29.6 Å². The molecule has 0 fully saturated rings. The zero-order valence-corrected chi connectivity index (χ0v) is 23.5. The highest BCUT2D eigenvalue weighted by Gasteiger charge is 2.22.